The minimum Gasteiger partial charge on any atom is -0.477 e. The minimum absolute atomic E-state index is 0.0950. The summed E-state index contributed by atoms with van der Waals surface area (Å²) in [6.07, 6.45) is 2.05. The van der Waals surface area contributed by atoms with Gasteiger partial charge in [-0.05, 0) is 67.3 Å². The molecule has 0 saturated carbocycles. The SMILES string of the molecule is CSc1ccc(NCC#Cc2cc3c(NC4CC[N+]5(CCC4C)CC4(CCOCC4)C5)cccc3n2CC(F)(F)F)c(OCC#N)c1. The maximum Gasteiger partial charge on any atom is 0.406 e. The van der Waals surface area contributed by atoms with E-state index in [1.807, 2.05) is 42.7 Å². The molecule has 0 aliphatic carbocycles. The number of fused-ring (bicyclic) bond motifs is 1. The fourth-order valence-corrected chi connectivity index (χ4v) is 8.29. The molecule has 4 heterocycles. The lowest BCUT2D eigenvalue weighted by atomic mass is 9.71. The van der Waals surface area contributed by atoms with Crippen molar-refractivity contribution in [3.63, 3.8) is 0 Å². The number of quaternary nitrogens is 1. The van der Waals surface area contributed by atoms with Crippen LogP contribution < -0.4 is 15.4 Å². The van der Waals surface area contributed by atoms with Crippen LogP contribution in [0, 0.1) is 34.5 Å². The molecule has 47 heavy (non-hydrogen) atoms. The number of thioether (sulfide) groups is 1. The van der Waals surface area contributed by atoms with Gasteiger partial charge in [0.1, 0.15) is 18.4 Å². The molecule has 3 saturated heterocycles. The summed E-state index contributed by atoms with van der Waals surface area (Å²) in [4.78, 5) is 0.985. The lowest BCUT2D eigenvalue weighted by Gasteiger charge is -2.58. The molecule has 0 radical (unpaired) electrons. The number of rotatable bonds is 8. The van der Waals surface area contributed by atoms with Crippen molar-refractivity contribution in [2.75, 3.05) is 69.4 Å². The zero-order chi connectivity index (χ0) is 33.1. The number of aromatic nitrogens is 1. The normalized spacial score (nSPS) is 21.7. The van der Waals surface area contributed by atoms with Gasteiger partial charge in [0.25, 0.3) is 0 Å². The van der Waals surface area contributed by atoms with Crippen molar-refractivity contribution in [3.8, 4) is 23.7 Å². The standard InChI is InChI=1S/C36H43F3N5O2S/c1-26-10-16-44(24-35(25-44)12-18-45-19-13-35)17-11-30(26)42-31-6-3-7-33-29(31)21-27(43(33)23-36(37,38)39)5-4-15-41-32-9-8-28(47-2)22-34(32)46-20-14-40/h3,6-9,21-22,26,30,41-42H,10-13,15-20,23-25H2,1-2H3/q+1. The van der Waals surface area contributed by atoms with Gasteiger partial charge in [-0.2, -0.15) is 18.4 Å². The third-order valence-corrected chi connectivity index (χ3v) is 11.0. The van der Waals surface area contributed by atoms with Crippen molar-refractivity contribution in [1.29, 1.82) is 5.26 Å². The second kappa shape index (κ2) is 13.9. The molecule has 3 aromatic rings. The van der Waals surface area contributed by atoms with Gasteiger partial charge in [-0.3, -0.25) is 0 Å². The van der Waals surface area contributed by atoms with E-state index in [9.17, 15) is 13.2 Å². The van der Waals surface area contributed by atoms with Crippen molar-refractivity contribution >= 4 is 34.0 Å². The predicted octanol–water partition coefficient (Wildman–Crippen LogP) is 7.13. The van der Waals surface area contributed by atoms with Crippen molar-refractivity contribution in [3.05, 3.63) is 48.2 Å². The average Bonchev–Trinajstić information content (AvgIpc) is 3.30. The molecular weight excluding hydrogens is 623 g/mol. The minimum atomic E-state index is -4.40. The van der Waals surface area contributed by atoms with Crippen LogP contribution in [0.3, 0.4) is 0 Å². The van der Waals surface area contributed by atoms with Crippen LogP contribution in [0.25, 0.3) is 10.9 Å². The van der Waals surface area contributed by atoms with Crippen LogP contribution in [0.15, 0.2) is 47.4 Å². The highest BCUT2D eigenvalue weighted by Gasteiger charge is 2.56. The van der Waals surface area contributed by atoms with Gasteiger partial charge in [0.05, 0.1) is 55.0 Å². The summed E-state index contributed by atoms with van der Waals surface area (Å²) < 4.78 is 55.1. The molecule has 2 N–H and O–H groups in total. The van der Waals surface area contributed by atoms with Crippen LogP contribution >= 0.6 is 11.8 Å². The molecule has 1 aromatic heterocycles. The van der Waals surface area contributed by atoms with E-state index in [1.165, 1.54) is 41.5 Å². The molecule has 6 rings (SSSR count). The Bertz CT molecular complexity index is 1670. The van der Waals surface area contributed by atoms with E-state index in [4.69, 9.17) is 14.7 Å². The Morgan fingerprint density at radius 1 is 1.11 bits per heavy atom. The van der Waals surface area contributed by atoms with E-state index in [2.05, 4.69) is 29.4 Å². The number of halogens is 3. The zero-order valence-corrected chi connectivity index (χ0v) is 27.9. The second-order valence-electron chi connectivity index (χ2n) is 13.5. The summed E-state index contributed by atoms with van der Waals surface area (Å²) >= 11 is 1.56. The molecule has 250 valence electrons. The Hall–Kier alpha value is -3.51. The monoisotopic (exact) mass is 666 g/mol. The average molecular weight is 667 g/mol. The van der Waals surface area contributed by atoms with Gasteiger partial charge in [-0.25, -0.2) is 0 Å². The first-order chi connectivity index (χ1) is 22.6. The van der Waals surface area contributed by atoms with Gasteiger partial charge in [0.15, 0.2) is 6.61 Å². The molecule has 3 aliphatic rings. The molecule has 3 fully saturated rings. The summed E-state index contributed by atoms with van der Waals surface area (Å²) in [5, 5.41) is 16.7. The summed E-state index contributed by atoms with van der Waals surface area (Å²) in [5.74, 6) is 6.98. The van der Waals surface area contributed by atoms with Gasteiger partial charge >= 0.3 is 6.18 Å². The zero-order valence-electron chi connectivity index (χ0n) is 27.1. The van der Waals surface area contributed by atoms with Gasteiger partial charge < -0.3 is 29.2 Å². The second-order valence-corrected chi connectivity index (χ2v) is 14.3. The maximum absolute atomic E-state index is 13.8. The fraction of sp³-hybridized carbons (Fsp3) is 0.528. The third kappa shape index (κ3) is 7.64. The molecular formula is C36H43F3N5O2S+. The van der Waals surface area contributed by atoms with Crippen LogP contribution in [0.5, 0.6) is 5.75 Å². The molecule has 2 aromatic carbocycles. The molecule has 7 nitrogen and oxygen atoms in total. The largest absolute Gasteiger partial charge is 0.477 e. The van der Waals surface area contributed by atoms with E-state index in [1.54, 1.807) is 23.9 Å². The van der Waals surface area contributed by atoms with E-state index in [-0.39, 0.29) is 19.2 Å². The predicted molar refractivity (Wildman–Crippen MR) is 181 cm³/mol. The summed E-state index contributed by atoms with van der Waals surface area (Å²) in [7, 11) is 0. The summed E-state index contributed by atoms with van der Waals surface area (Å²) in [6.45, 7) is 7.86. The fourth-order valence-electron chi connectivity index (χ4n) is 7.86. The Morgan fingerprint density at radius 2 is 1.89 bits per heavy atom. The third-order valence-electron chi connectivity index (χ3n) is 10.2. The maximum atomic E-state index is 13.8. The van der Waals surface area contributed by atoms with Crippen LogP contribution in [-0.4, -0.2) is 80.1 Å². The highest BCUT2D eigenvalue weighted by atomic mass is 32.2. The first kappa shape index (κ1) is 33.4. The van der Waals surface area contributed by atoms with Crippen molar-refractivity contribution < 1.29 is 27.1 Å². The Kier molecular flexibility index (Phi) is 9.89. The van der Waals surface area contributed by atoms with E-state index < -0.39 is 12.7 Å². The van der Waals surface area contributed by atoms with Gasteiger partial charge in [-0.1, -0.05) is 18.9 Å². The Morgan fingerprint density at radius 3 is 2.64 bits per heavy atom. The van der Waals surface area contributed by atoms with Crippen LogP contribution in [0.1, 0.15) is 38.3 Å². The molecule has 2 atom stereocenters. The van der Waals surface area contributed by atoms with E-state index in [0.717, 1.165) is 48.6 Å². The van der Waals surface area contributed by atoms with Crippen molar-refractivity contribution in [2.24, 2.45) is 11.3 Å². The van der Waals surface area contributed by atoms with Crippen LogP contribution in [0.4, 0.5) is 24.5 Å². The first-order valence-electron chi connectivity index (χ1n) is 16.4. The number of benzene rings is 2. The number of nitriles is 1. The quantitative estimate of drug-likeness (QED) is 0.152. The van der Waals surface area contributed by atoms with Gasteiger partial charge in [-0.15, -0.1) is 11.8 Å². The first-order valence-corrected chi connectivity index (χ1v) is 17.6. The Labute approximate surface area is 279 Å². The Balaban J connectivity index is 1.20. The van der Waals surface area contributed by atoms with Gasteiger partial charge in [0.2, 0.25) is 0 Å². The number of nitrogens with one attached hydrogen (secondary N) is 2. The number of nitrogens with zero attached hydrogens (tertiary/aromatic N) is 3. The van der Waals surface area contributed by atoms with E-state index in [0.29, 0.717) is 34.0 Å². The molecule has 2 unspecified atom stereocenters. The number of hydrogen-bond acceptors (Lipinski definition) is 6. The lowest BCUT2D eigenvalue weighted by Crippen LogP contribution is -2.71. The summed E-state index contributed by atoms with van der Waals surface area (Å²) in [6, 6.07) is 15.2. The number of ether oxygens (including phenoxy) is 2. The van der Waals surface area contributed by atoms with Gasteiger partial charge in [0, 0.05) is 48.1 Å². The lowest BCUT2D eigenvalue weighted by molar-refractivity contribution is -0.984. The number of anilines is 2. The summed E-state index contributed by atoms with van der Waals surface area (Å²) in [5.41, 5.74) is 2.80. The topological polar surface area (TPSA) is 71.2 Å². The van der Waals surface area contributed by atoms with Crippen molar-refractivity contribution in [1.82, 2.24) is 4.57 Å². The molecule has 0 bridgehead atoms. The number of alkyl halides is 3. The molecule has 11 heteroatoms. The highest BCUT2D eigenvalue weighted by Crippen LogP contribution is 2.46. The van der Waals surface area contributed by atoms with Crippen LogP contribution in [-0.2, 0) is 11.3 Å². The van der Waals surface area contributed by atoms with Crippen LogP contribution in [0.2, 0.25) is 0 Å². The molecule has 3 aliphatic heterocycles. The highest BCUT2D eigenvalue weighted by molar-refractivity contribution is 7.98. The van der Waals surface area contributed by atoms with Crippen molar-refractivity contribution in [2.45, 2.75) is 56.3 Å². The molecule has 0 amide bonds. The van der Waals surface area contributed by atoms with E-state index >= 15 is 0 Å². The number of hydrogen-bond donors (Lipinski definition) is 2. The smallest absolute Gasteiger partial charge is 0.406 e. The molecule has 2 spiro atoms.